The number of carbonyl (C=O) groups excluding carboxylic acids is 2. The van der Waals surface area contributed by atoms with Crippen molar-refractivity contribution in [3.63, 3.8) is 0 Å². The number of carbonyl (C=O) groups is 2. The fourth-order valence-corrected chi connectivity index (χ4v) is 4.59. The minimum atomic E-state index is -1.02. The molecule has 38 heavy (non-hydrogen) atoms. The molecule has 1 saturated heterocycles. The molecular weight excluding hydrogens is 490 g/mol. The van der Waals surface area contributed by atoms with Crippen LogP contribution in [0.4, 0.5) is 5.95 Å². The maximum absolute atomic E-state index is 13.5. The highest BCUT2D eigenvalue weighted by Gasteiger charge is 2.48. The molecule has 0 aliphatic carbocycles. The van der Waals surface area contributed by atoms with Gasteiger partial charge in [0.1, 0.15) is 34.3 Å². The van der Waals surface area contributed by atoms with Crippen LogP contribution in [0, 0.1) is 0 Å². The Morgan fingerprint density at radius 3 is 2.11 bits per heavy atom. The minimum absolute atomic E-state index is 0.138. The molecule has 1 atom stereocenters. The van der Waals surface area contributed by atoms with Crippen LogP contribution < -0.4 is 23.8 Å². The first kappa shape index (κ1) is 24.7. The third-order valence-electron chi connectivity index (χ3n) is 6.45. The van der Waals surface area contributed by atoms with Gasteiger partial charge in [-0.15, -0.1) is 0 Å². The lowest BCUT2D eigenvalue weighted by molar-refractivity contribution is -0.132. The number of hydrogen-bond acceptors (Lipinski definition) is 8. The van der Waals surface area contributed by atoms with E-state index in [1.807, 2.05) is 0 Å². The third kappa shape index (κ3) is 3.96. The van der Waals surface area contributed by atoms with Crippen molar-refractivity contribution in [2.24, 2.45) is 0 Å². The average molecular weight is 516 g/mol. The molecule has 5 rings (SSSR count). The number of nitrogens with one attached hydrogen (secondary N) is 1. The molecule has 4 aromatic rings. The second-order valence-corrected chi connectivity index (χ2v) is 8.42. The first-order valence-electron chi connectivity index (χ1n) is 11.6. The Bertz CT molecular complexity index is 1550. The summed E-state index contributed by atoms with van der Waals surface area (Å²) < 4.78 is 21.5. The zero-order valence-electron chi connectivity index (χ0n) is 21.1. The van der Waals surface area contributed by atoms with Crippen molar-refractivity contribution in [2.75, 3.05) is 33.3 Å². The number of hydrogen-bond donors (Lipinski definition) is 2. The van der Waals surface area contributed by atoms with Gasteiger partial charge in [-0.1, -0.05) is 18.2 Å². The number of nitrogens with zero attached hydrogens (tertiary/aromatic N) is 2. The second kappa shape index (κ2) is 9.81. The van der Waals surface area contributed by atoms with Crippen molar-refractivity contribution in [1.29, 1.82) is 0 Å². The number of anilines is 1. The van der Waals surface area contributed by atoms with Crippen LogP contribution in [0.15, 0.2) is 66.2 Å². The SMILES string of the molecule is COc1ccc(C2/C(=C(\O)c3c(OC)cccc3OC)C(=O)C(=O)N2c2nc3ccc(OC)cc3[nH]2)cc1. The maximum atomic E-state index is 13.5. The van der Waals surface area contributed by atoms with Crippen molar-refractivity contribution in [2.45, 2.75) is 6.04 Å². The molecule has 194 valence electrons. The van der Waals surface area contributed by atoms with E-state index in [0.717, 1.165) is 0 Å². The number of aliphatic hydroxyl groups is 1. The first-order valence-corrected chi connectivity index (χ1v) is 11.6. The lowest BCUT2D eigenvalue weighted by atomic mass is 9.94. The van der Waals surface area contributed by atoms with Gasteiger partial charge < -0.3 is 29.0 Å². The zero-order chi connectivity index (χ0) is 27.0. The Hall–Kier alpha value is -4.99. The molecule has 3 aromatic carbocycles. The fraction of sp³-hybridized carbons (Fsp3) is 0.179. The van der Waals surface area contributed by atoms with Crippen molar-refractivity contribution in [3.05, 3.63) is 77.4 Å². The summed E-state index contributed by atoms with van der Waals surface area (Å²) >= 11 is 0. The van der Waals surface area contributed by atoms with Gasteiger partial charge in [0.25, 0.3) is 5.78 Å². The van der Waals surface area contributed by atoms with E-state index in [1.54, 1.807) is 67.8 Å². The number of H-pyrrole nitrogens is 1. The summed E-state index contributed by atoms with van der Waals surface area (Å²) in [5.41, 5.74) is 1.76. The van der Waals surface area contributed by atoms with Crippen LogP contribution in [-0.2, 0) is 9.59 Å². The second-order valence-electron chi connectivity index (χ2n) is 8.42. The van der Waals surface area contributed by atoms with E-state index in [1.165, 1.54) is 26.2 Å². The van der Waals surface area contributed by atoms with Gasteiger partial charge in [-0.05, 0) is 42.0 Å². The smallest absolute Gasteiger partial charge is 0.302 e. The number of aromatic nitrogens is 2. The van der Waals surface area contributed by atoms with E-state index < -0.39 is 23.5 Å². The summed E-state index contributed by atoms with van der Waals surface area (Å²) in [6.07, 6.45) is 0. The average Bonchev–Trinajstić information content (AvgIpc) is 3.49. The molecular formula is C28H25N3O7. The van der Waals surface area contributed by atoms with Crippen LogP contribution in [0.3, 0.4) is 0 Å². The highest BCUT2D eigenvalue weighted by molar-refractivity contribution is 6.51. The van der Waals surface area contributed by atoms with Gasteiger partial charge in [0, 0.05) is 6.07 Å². The molecule has 2 N–H and O–H groups in total. The van der Waals surface area contributed by atoms with Gasteiger partial charge in [-0.2, -0.15) is 0 Å². The van der Waals surface area contributed by atoms with Crippen molar-refractivity contribution < 1.29 is 33.6 Å². The van der Waals surface area contributed by atoms with Crippen LogP contribution in [0.1, 0.15) is 17.2 Å². The number of ether oxygens (including phenoxy) is 4. The number of Topliss-reactive ketones (excluding diaryl/α,β-unsaturated/α-hetero) is 1. The number of benzene rings is 3. The van der Waals surface area contributed by atoms with Crippen LogP contribution in [0.5, 0.6) is 23.0 Å². The lowest BCUT2D eigenvalue weighted by Gasteiger charge is -2.23. The van der Waals surface area contributed by atoms with E-state index in [2.05, 4.69) is 9.97 Å². The van der Waals surface area contributed by atoms with Gasteiger partial charge >= 0.3 is 5.91 Å². The molecule has 0 saturated carbocycles. The van der Waals surface area contributed by atoms with E-state index in [0.29, 0.717) is 28.1 Å². The molecule has 1 fully saturated rings. The monoisotopic (exact) mass is 515 g/mol. The van der Waals surface area contributed by atoms with Gasteiger partial charge in [0.2, 0.25) is 5.95 Å². The van der Waals surface area contributed by atoms with Crippen LogP contribution >= 0.6 is 0 Å². The van der Waals surface area contributed by atoms with Gasteiger partial charge in [0.05, 0.1) is 51.1 Å². The highest BCUT2D eigenvalue weighted by atomic mass is 16.5. The van der Waals surface area contributed by atoms with Crippen molar-refractivity contribution in [1.82, 2.24) is 9.97 Å². The Morgan fingerprint density at radius 1 is 0.868 bits per heavy atom. The summed E-state index contributed by atoms with van der Waals surface area (Å²) in [6, 6.07) is 16.0. The number of aliphatic hydroxyl groups excluding tert-OH is 1. The predicted octanol–water partition coefficient (Wildman–Crippen LogP) is 4.22. The Balaban J connectivity index is 1.76. The number of ketones is 1. The molecule has 1 unspecified atom stereocenters. The molecule has 1 aliphatic heterocycles. The summed E-state index contributed by atoms with van der Waals surface area (Å²) in [5.74, 6) is -0.282. The Kier molecular flexibility index (Phi) is 6.38. The molecule has 1 aliphatic rings. The molecule has 1 amide bonds. The highest BCUT2D eigenvalue weighted by Crippen LogP contribution is 2.45. The molecule has 0 bridgehead atoms. The number of methoxy groups -OCH3 is 4. The van der Waals surface area contributed by atoms with E-state index in [-0.39, 0.29) is 28.6 Å². The number of aromatic amines is 1. The molecule has 10 nitrogen and oxygen atoms in total. The Morgan fingerprint density at radius 2 is 1.50 bits per heavy atom. The molecule has 2 heterocycles. The maximum Gasteiger partial charge on any atom is 0.302 e. The zero-order valence-corrected chi connectivity index (χ0v) is 21.1. The van der Waals surface area contributed by atoms with Gasteiger partial charge in [-0.3, -0.25) is 14.5 Å². The largest absolute Gasteiger partial charge is 0.506 e. The molecule has 10 heteroatoms. The Labute approximate surface area is 218 Å². The number of amides is 1. The quantitative estimate of drug-likeness (QED) is 0.213. The van der Waals surface area contributed by atoms with Crippen LogP contribution in [0.2, 0.25) is 0 Å². The van der Waals surface area contributed by atoms with Crippen molar-refractivity contribution in [3.8, 4) is 23.0 Å². The normalized spacial score (nSPS) is 16.6. The summed E-state index contributed by atoms with van der Waals surface area (Å²) in [6.45, 7) is 0. The number of fused-ring (bicyclic) bond motifs is 1. The standard InChI is InChI=1S/C28H25N3O7/c1-35-16-10-8-15(9-11-16)24-23(25(32)22-20(37-3)6-5-7-21(22)38-4)26(33)27(34)31(24)28-29-18-13-12-17(36-2)14-19(18)30-28/h5-14,24,32H,1-4H3,(H,29,30)/b25-23+. The number of rotatable bonds is 7. The minimum Gasteiger partial charge on any atom is -0.506 e. The summed E-state index contributed by atoms with van der Waals surface area (Å²) in [7, 11) is 5.96. The van der Waals surface area contributed by atoms with E-state index in [4.69, 9.17) is 18.9 Å². The van der Waals surface area contributed by atoms with Gasteiger partial charge in [-0.25, -0.2) is 4.98 Å². The predicted molar refractivity (Wildman–Crippen MR) is 140 cm³/mol. The number of imidazole rings is 1. The molecule has 0 radical (unpaired) electrons. The van der Waals surface area contributed by atoms with Crippen LogP contribution in [0.25, 0.3) is 16.8 Å². The molecule has 1 aromatic heterocycles. The fourth-order valence-electron chi connectivity index (χ4n) is 4.59. The summed E-state index contributed by atoms with van der Waals surface area (Å²) in [4.78, 5) is 36.0. The van der Waals surface area contributed by atoms with Crippen molar-refractivity contribution >= 4 is 34.4 Å². The molecule has 0 spiro atoms. The first-order chi connectivity index (χ1) is 18.4. The van der Waals surface area contributed by atoms with Gasteiger partial charge in [0.15, 0.2) is 0 Å². The van der Waals surface area contributed by atoms with Crippen LogP contribution in [-0.4, -0.2) is 55.2 Å². The van der Waals surface area contributed by atoms with E-state index in [9.17, 15) is 14.7 Å². The lowest BCUT2D eigenvalue weighted by Crippen LogP contribution is -2.30. The van der Waals surface area contributed by atoms with E-state index >= 15 is 0 Å². The third-order valence-corrected chi connectivity index (χ3v) is 6.45. The topological polar surface area (TPSA) is 123 Å². The summed E-state index contributed by atoms with van der Waals surface area (Å²) in [5, 5.41) is 11.6.